The number of carbonyl (C=O) groups is 2. The summed E-state index contributed by atoms with van der Waals surface area (Å²) in [5.74, 6) is -0.939. The Morgan fingerprint density at radius 2 is 1.70 bits per heavy atom. The molecule has 0 saturated heterocycles. The number of oxime groups is 1. The maximum atomic E-state index is 15.5. The second kappa shape index (κ2) is 21.8. The van der Waals surface area contributed by atoms with Gasteiger partial charge in [-0.2, -0.15) is 5.26 Å². The van der Waals surface area contributed by atoms with Crippen molar-refractivity contribution in [2.24, 2.45) is 22.9 Å². The van der Waals surface area contributed by atoms with E-state index in [9.17, 15) is 20.3 Å². The van der Waals surface area contributed by atoms with Crippen molar-refractivity contribution < 1.29 is 48.3 Å². The van der Waals surface area contributed by atoms with Crippen molar-refractivity contribution in [1.82, 2.24) is 10.2 Å². The van der Waals surface area contributed by atoms with Crippen LogP contribution in [0.4, 0.5) is 4.79 Å². The topological polar surface area (TPSA) is 181 Å². The molecule has 14 heteroatoms. The maximum absolute atomic E-state index is 15.5. The molecule has 0 aromatic heterocycles. The van der Waals surface area contributed by atoms with Gasteiger partial charge < -0.3 is 49.0 Å². The maximum Gasteiger partial charge on any atom is 0.412 e. The third kappa shape index (κ3) is 10.2. The van der Waals surface area contributed by atoms with Crippen LogP contribution in [-0.2, 0) is 22.7 Å². The molecule has 4 aromatic rings. The van der Waals surface area contributed by atoms with E-state index in [2.05, 4.69) is 24.0 Å². The molecule has 1 fully saturated rings. The Kier molecular flexibility index (Phi) is 15.2. The highest BCUT2D eigenvalue weighted by Gasteiger charge is 2.65. The predicted molar refractivity (Wildman–Crippen MR) is 249 cm³/mol. The number of rotatable bonds is 20. The average molecular weight is 911 g/mol. The summed E-state index contributed by atoms with van der Waals surface area (Å²) in [6, 6.07) is 28.6. The van der Waals surface area contributed by atoms with Crippen LogP contribution in [0.5, 0.6) is 23.0 Å². The molecule has 2 aliphatic heterocycles. The molecule has 2 aliphatic carbocycles. The molecule has 14 nitrogen and oxygen atoms in total. The zero-order valence-electron chi connectivity index (χ0n) is 37.8. The van der Waals surface area contributed by atoms with Crippen LogP contribution in [0.1, 0.15) is 90.4 Å². The number of nitrogens with one attached hydrogen (secondary N) is 1. The normalized spacial score (nSPS) is 22.6. The highest BCUT2D eigenvalue weighted by molar-refractivity contribution is 6.03. The van der Waals surface area contributed by atoms with E-state index in [4.69, 9.17) is 33.7 Å². The van der Waals surface area contributed by atoms with Gasteiger partial charge in [-0.05, 0) is 116 Å². The lowest BCUT2D eigenvalue weighted by molar-refractivity contribution is -0.255. The van der Waals surface area contributed by atoms with Crippen LogP contribution in [0.15, 0.2) is 120 Å². The molecular formula is C53H58N4O10. The SMILES string of the molecule is C=CCOC12Oc3ccc(OC(=O)NCC)cc3C3C(CCCCO)C(CCCCO)C=C(C(=NOCc4ccccc4)CC1N(Cc1ccc4c(c1)OCO4)C(=O)c1ccc(C#N)cc1)C32. The first-order valence-electron chi connectivity index (χ1n) is 23.2. The summed E-state index contributed by atoms with van der Waals surface area (Å²) in [6.07, 6.45) is 7.72. The molecule has 4 aliphatic rings. The van der Waals surface area contributed by atoms with E-state index in [-0.39, 0.29) is 69.8 Å². The molecule has 0 radical (unpaired) electrons. The van der Waals surface area contributed by atoms with Gasteiger partial charge in [-0.25, -0.2) is 4.79 Å². The Balaban J connectivity index is 1.36. The van der Waals surface area contributed by atoms with Gasteiger partial charge in [-0.3, -0.25) is 4.79 Å². The number of hydrogen-bond donors (Lipinski definition) is 3. The number of nitriles is 1. The van der Waals surface area contributed by atoms with Gasteiger partial charge in [0.25, 0.3) is 5.91 Å². The average Bonchev–Trinajstić information content (AvgIpc) is 3.82. The van der Waals surface area contributed by atoms with Crippen LogP contribution >= 0.6 is 0 Å². The van der Waals surface area contributed by atoms with Gasteiger partial charge in [-0.15, -0.1) is 6.58 Å². The fourth-order valence-corrected chi connectivity index (χ4v) is 10.2. The first kappa shape index (κ1) is 46.9. The van der Waals surface area contributed by atoms with Crippen molar-refractivity contribution in [2.45, 2.75) is 82.8 Å². The molecule has 6 atom stereocenters. The second-order valence-corrected chi connectivity index (χ2v) is 17.3. The van der Waals surface area contributed by atoms with Gasteiger partial charge in [0.1, 0.15) is 24.1 Å². The smallest absolute Gasteiger partial charge is 0.412 e. The Labute approximate surface area is 391 Å². The van der Waals surface area contributed by atoms with Crippen LogP contribution < -0.4 is 24.3 Å². The number of hydrogen-bond acceptors (Lipinski definition) is 12. The number of aliphatic hydroxyl groups excluding tert-OH is 2. The number of unbranched alkanes of at least 4 members (excludes halogenated alkanes) is 2. The molecular weight excluding hydrogens is 853 g/mol. The van der Waals surface area contributed by atoms with Gasteiger partial charge in [-0.1, -0.05) is 66.5 Å². The quantitative estimate of drug-likeness (QED) is 0.0439. The van der Waals surface area contributed by atoms with Crippen molar-refractivity contribution in [3.63, 3.8) is 0 Å². The third-order valence-corrected chi connectivity index (χ3v) is 13.1. The number of carbonyl (C=O) groups excluding carboxylic acids is 2. The van der Waals surface area contributed by atoms with E-state index in [0.717, 1.165) is 47.9 Å². The van der Waals surface area contributed by atoms with Gasteiger partial charge in [0.05, 0.1) is 29.9 Å². The van der Waals surface area contributed by atoms with Crippen LogP contribution in [0.25, 0.3) is 0 Å². The summed E-state index contributed by atoms with van der Waals surface area (Å²) in [6.45, 7) is 6.80. The first-order valence-corrected chi connectivity index (χ1v) is 23.2. The number of amides is 2. The number of nitrogens with zero attached hydrogens (tertiary/aromatic N) is 3. The van der Waals surface area contributed by atoms with E-state index >= 15 is 4.79 Å². The summed E-state index contributed by atoms with van der Waals surface area (Å²) in [5.41, 5.74) is 4.75. The molecule has 2 heterocycles. The fraction of sp³-hybridized carbons (Fsp3) is 0.396. The number of ether oxygens (including phenoxy) is 5. The Morgan fingerprint density at radius 1 is 0.940 bits per heavy atom. The predicted octanol–water partition coefficient (Wildman–Crippen LogP) is 8.57. The molecule has 0 spiro atoms. The van der Waals surface area contributed by atoms with Gasteiger partial charge in [0.15, 0.2) is 11.5 Å². The van der Waals surface area contributed by atoms with E-state index in [0.29, 0.717) is 59.2 Å². The first-order chi connectivity index (χ1) is 32.8. The molecule has 6 unspecified atom stereocenters. The minimum absolute atomic E-state index is 0.0154. The third-order valence-electron chi connectivity index (χ3n) is 13.1. The lowest BCUT2D eigenvalue weighted by Crippen LogP contribution is -2.70. The highest BCUT2D eigenvalue weighted by Crippen LogP contribution is 2.62. The minimum Gasteiger partial charge on any atom is -0.459 e. The molecule has 67 heavy (non-hydrogen) atoms. The van der Waals surface area contributed by atoms with Crippen LogP contribution in [0.3, 0.4) is 0 Å². The largest absolute Gasteiger partial charge is 0.459 e. The number of fused-ring (bicyclic) bond motifs is 3. The summed E-state index contributed by atoms with van der Waals surface area (Å²) >= 11 is 0. The Hall–Kier alpha value is -6.66. The monoisotopic (exact) mass is 910 g/mol. The summed E-state index contributed by atoms with van der Waals surface area (Å²) in [7, 11) is 0. The van der Waals surface area contributed by atoms with E-state index in [1.807, 2.05) is 61.5 Å². The molecule has 1 saturated carbocycles. The number of allylic oxidation sites excluding steroid dienone is 1. The lowest BCUT2D eigenvalue weighted by atomic mass is 9.55. The molecule has 350 valence electrons. The molecule has 4 aromatic carbocycles. The van der Waals surface area contributed by atoms with E-state index < -0.39 is 23.8 Å². The summed E-state index contributed by atoms with van der Waals surface area (Å²) in [4.78, 5) is 36.4. The Bertz CT molecular complexity index is 2490. The zero-order chi connectivity index (χ0) is 46.8. The van der Waals surface area contributed by atoms with Gasteiger partial charge >= 0.3 is 6.09 Å². The van der Waals surface area contributed by atoms with E-state index in [1.54, 1.807) is 47.4 Å². The number of benzene rings is 4. The van der Waals surface area contributed by atoms with Crippen molar-refractivity contribution >= 4 is 17.7 Å². The van der Waals surface area contributed by atoms with Crippen LogP contribution in [0, 0.1) is 29.1 Å². The van der Waals surface area contributed by atoms with Crippen molar-refractivity contribution in [3.8, 4) is 29.1 Å². The molecule has 8 rings (SSSR count). The summed E-state index contributed by atoms with van der Waals surface area (Å²) < 4.78 is 31.9. The van der Waals surface area contributed by atoms with E-state index in [1.165, 1.54) is 0 Å². The van der Waals surface area contributed by atoms with Crippen molar-refractivity contribution in [3.05, 3.63) is 143 Å². The summed E-state index contributed by atoms with van der Waals surface area (Å²) in [5, 5.41) is 37.4. The van der Waals surface area contributed by atoms with Crippen LogP contribution in [0.2, 0.25) is 0 Å². The minimum atomic E-state index is -1.57. The van der Waals surface area contributed by atoms with Crippen LogP contribution in [-0.4, -0.2) is 77.8 Å². The molecule has 0 bridgehead atoms. The lowest BCUT2D eigenvalue weighted by Gasteiger charge is -2.60. The van der Waals surface area contributed by atoms with Crippen molar-refractivity contribution in [1.29, 1.82) is 5.26 Å². The van der Waals surface area contributed by atoms with Crippen molar-refractivity contribution in [2.75, 3.05) is 33.2 Å². The number of aliphatic hydroxyl groups is 2. The zero-order valence-corrected chi connectivity index (χ0v) is 37.8. The van der Waals surface area contributed by atoms with Gasteiger partial charge in [0, 0.05) is 49.8 Å². The molecule has 3 N–H and O–H groups in total. The Morgan fingerprint density at radius 3 is 2.45 bits per heavy atom. The highest BCUT2D eigenvalue weighted by atomic mass is 16.7. The van der Waals surface area contributed by atoms with Gasteiger partial charge in [0.2, 0.25) is 12.6 Å². The molecule has 2 amide bonds. The standard InChI is InChI=1S/C53H58N4O10/c1-3-26-64-53-48(57(51(60)38-19-16-35(31-54)17-20-38)32-37-18-22-46-47(27-37)63-34-62-46)30-44(56-65-33-36-12-6-5-7-13-36)42-28-39(14-8-10-24-58)41(15-9-11-25-59)49(50(42)53)43-29-40(21-23-45(43)67-53)66-52(61)55-4-2/h3,5-7,12-13,16-23,27-29,39,41,48-50,58-59H,1,4,8-11,14-15,24-26,30,32-34H2,2H3,(H,55,61). The second-order valence-electron chi connectivity index (χ2n) is 17.3. The fourth-order valence-electron chi connectivity index (χ4n) is 10.2.